The van der Waals surface area contributed by atoms with Crippen LogP contribution in [-0.2, 0) is 6.54 Å². The maximum atomic E-state index is 12.3. The van der Waals surface area contributed by atoms with Gasteiger partial charge in [-0.1, -0.05) is 0 Å². The number of benzene rings is 1. The summed E-state index contributed by atoms with van der Waals surface area (Å²) in [7, 11) is 0. The predicted molar refractivity (Wildman–Crippen MR) is 93.3 cm³/mol. The van der Waals surface area contributed by atoms with Gasteiger partial charge in [-0.2, -0.15) is 0 Å². The standard InChI is InChI=1S/C18H20N4O3/c23-17(13-3-4-15-16(8-13)21-18(24)20-15)19-9-12-5-6-22(10-12)11-14-2-1-7-25-14/h1-4,7-8,12H,5-6,9-11H2,(H,19,23)(H2,20,21,24). The molecular weight excluding hydrogens is 320 g/mol. The molecule has 0 spiro atoms. The highest BCUT2D eigenvalue weighted by Crippen LogP contribution is 2.18. The van der Waals surface area contributed by atoms with Crippen molar-refractivity contribution in [2.45, 2.75) is 13.0 Å². The van der Waals surface area contributed by atoms with Gasteiger partial charge in [0.05, 0.1) is 23.8 Å². The number of aromatic amines is 2. The number of nitrogens with one attached hydrogen (secondary N) is 3. The molecule has 0 bridgehead atoms. The second-order valence-corrected chi connectivity index (χ2v) is 6.52. The molecule has 0 saturated carbocycles. The summed E-state index contributed by atoms with van der Waals surface area (Å²) >= 11 is 0. The van der Waals surface area contributed by atoms with E-state index in [2.05, 4.69) is 20.2 Å². The zero-order chi connectivity index (χ0) is 17.2. The van der Waals surface area contributed by atoms with Crippen molar-refractivity contribution in [3.8, 4) is 0 Å². The second-order valence-electron chi connectivity index (χ2n) is 6.52. The monoisotopic (exact) mass is 340 g/mol. The second kappa shape index (κ2) is 6.60. The molecule has 0 radical (unpaired) electrons. The molecule has 130 valence electrons. The number of aromatic nitrogens is 2. The Labute approximate surface area is 144 Å². The quantitative estimate of drug-likeness (QED) is 0.659. The fraction of sp³-hybridized carbons (Fsp3) is 0.333. The van der Waals surface area contributed by atoms with Crippen molar-refractivity contribution in [1.29, 1.82) is 0 Å². The summed E-state index contributed by atoms with van der Waals surface area (Å²) in [6.07, 6.45) is 2.75. The molecule has 3 aromatic rings. The molecule has 1 aliphatic rings. The van der Waals surface area contributed by atoms with Gasteiger partial charge in [-0.3, -0.25) is 9.69 Å². The number of likely N-dealkylation sites (tertiary alicyclic amines) is 1. The van der Waals surface area contributed by atoms with Crippen LogP contribution in [0.2, 0.25) is 0 Å². The van der Waals surface area contributed by atoms with Crippen LogP contribution < -0.4 is 11.0 Å². The SMILES string of the molecule is O=C(NCC1CCN(Cc2ccco2)C1)c1ccc2[nH]c(=O)[nH]c2c1. The van der Waals surface area contributed by atoms with E-state index in [1.54, 1.807) is 24.5 Å². The van der Waals surface area contributed by atoms with Crippen LogP contribution >= 0.6 is 0 Å². The number of rotatable bonds is 5. The van der Waals surface area contributed by atoms with Crippen molar-refractivity contribution in [2.24, 2.45) is 5.92 Å². The maximum absolute atomic E-state index is 12.3. The molecule has 0 aliphatic carbocycles. The Morgan fingerprint density at radius 3 is 3.00 bits per heavy atom. The van der Waals surface area contributed by atoms with E-state index in [1.807, 2.05) is 12.1 Å². The Hall–Kier alpha value is -2.80. The molecule has 1 atom stereocenters. The number of amides is 1. The first-order chi connectivity index (χ1) is 12.2. The van der Waals surface area contributed by atoms with E-state index in [0.29, 0.717) is 29.1 Å². The number of hydrogen-bond acceptors (Lipinski definition) is 4. The first-order valence-corrected chi connectivity index (χ1v) is 8.42. The number of fused-ring (bicyclic) bond motifs is 1. The third-order valence-electron chi connectivity index (χ3n) is 4.66. The van der Waals surface area contributed by atoms with Crippen LogP contribution in [0.1, 0.15) is 22.5 Å². The van der Waals surface area contributed by atoms with Crippen LogP contribution in [-0.4, -0.2) is 40.4 Å². The number of carbonyl (C=O) groups excluding carboxylic acids is 1. The molecule has 4 rings (SSSR count). The largest absolute Gasteiger partial charge is 0.468 e. The topological polar surface area (TPSA) is 94.1 Å². The van der Waals surface area contributed by atoms with E-state index in [1.165, 1.54) is 0 Å². The fourth-order valence-electron chi connectivity index (χ4n) is 3.36. The van der Waals surface area contributed by atoms with Gasteiger partial charge in [0.2, 0.25) is 0 Å². The van der Waals surface area contributed by atoms with Crippen molar-refractivity contribution >= 4 is 16.9 Å². The average molecular weight is 340 g/mol. The first-order valence-electron chi connectivity index (χ1n) is 8.42. The lowest BCUT2D eigenvalue weighted by Gasteiger charge is -2.15. The van der Waals surface area contributed by atoms with Gasteiger partial charge in [0.15, 0.2) is 0 Å². The normalized spacial score (nSPS) is 18.0. The summed E-state index contributed by atoms with van der Waals surface area (Å²) in [6, 6.07) is 9.04. The summed E-state index contributed by atoms with van der Waals surface area (Å²) < 4.78 is 5.38. The molecule has 3 heterocycles. The minimum Gasteiger partial charge on any atom is -0.468 e. The summed E-state index contributed by atoms with van der Waals surface area (Å²) in [5, 5.41) is 3.00. The number of imidazole rings is 1. The molecule has 3 N–H and O–H groups in total. The van der Waals surface area contributed by atoms with Gasteiger partial charge >= 0.3 is 5.69 Å². The van der Waals surface area contributed by atoms with Gasteiger partial charge in [0, 0.05) is 18.7 Å². The van der Waals surface area contributed by atoms with Gasteiger partial charge in [-0.15, -0.1) is 0 Å². The van der Waals surface area contributed by atoms with Gasteiger partial charge < -0.3 is 19.7 Å². The van der Waals surface area contributed by atoms with Crippen LogP contribution in [0.25, 0.3) is 11.0 Å². The Kier molecular flexibility index (Phi) is 4.15. The molecule has 7 heteroatoms. The molecule has 1 fully saturated rings. The minimum absolute atomic E-state index is 0.117. The molecule has 2 aromatic heterocycles. The molecule has 25 heavy (non-hydrogen) atoms. The van der Waals surface area contributed by atoms with Gasteiger partial charge in [0.25, 0.3) is 5.91 Å². The van der Waals surface area contributed by atoms with E-state index in [4.69, 9.17) is 4.42 Å². The Morgan fingerprint density at radius 2 is 2.16 bits per heavy atom. The van der Waals surface area contributed by atoms with E-state index in [0.717, 1.165) is 31.8 Å². The van der Waals surface area contributed by atoms with Crippen LogP contribution in [0.5, 0.6) is 0 Å². The lowest BCUT2D eigenvalue weighted by atomic mass is 10.1. The maximum Gasteiger partial charge on any atom is 0.323 e. The summed E-state index contributed by atoms with van der Waals surface area (Å²) in [5.74, 6) is 1.29. The number of carbonyl (C=O) groups is 1. The molecule has 7 nitrogen and oxygen atoms in total. The van der Waals surface area contributed by atoms with Crippen LogP contribution in [0.15, 0.2) is 45.8 Å². The minimum atomic E-state index is -0.268. The molecular formula is C18H20N4O3. The van der Waals surface area contributed by atoms with Crippen LogP contribution in [0, 0.1) is 5.92 Å². The fourth-order valence-corrected chi connectivity index (χ4v) is 3.36. The summed E-state index contributed by atoms with van der Waals surface area (Å²) in [4.78, 5) is 31.3. The van der Waals surface area contributed by atoms with Crippen molar-refractivity contribution < 1.29 is 9.21 Å². The smallest absolute Gasteiger partial charge is 0.323 e. The Balaban J connectivity index is 1.31. The molecule has 1 saturated heterocycles. The third kappa shape index (κ3) is 3.51. The van der Waals surface area contributed by atoms with E-state index >= 15 is 0 Å². The molecule has 1 unspecified atom stereocenters. The summed E-state index contributed by atoms with van der Waals surface area (Å²) in [6.45, 7) is 3.42. The van der Waals surface area contributed by atoms with Crippen molar-refractivity contribution in [3.05, 3.63) is 58.4 Å². The van der Waals surface area contributed by atoms with Crippen molar-refractivity contribution in [3.63, 3.8) is 0 Å². The number of hydrogen-bond donors (Lipinski definition) is 3. The van der Waals surface area contributed by atoms with Gasteiger partial charge in [-0.05, 0) is 49.2 Å². The number of nitrogens with zero attached hydrogens (tertiary/aromatic N) is 1. The van der Waals surface area contributed by atoms with Gasteiger partial charge in [-0.25, -0.2) is 4.79 Å². The first kappa shape index (κ1) is 15.7. The average Bonchev–Trinajstić information content (AvgIpc) is 3.32. The highest BCUT2D eigenvalue weighted by Gasteiger charge is 2.23. The summed E-state index contributed by atoms with van der Waals surface area (Å²) in [5.41, 5.74) is 1.62. The highest BCUT2D eigenvalue weighted by atomic mass is 16.3. The lowest BCUT2D eigenvalue weighted by molar-refractivity contribution is 0.0947. The Bertz CT molecular complexity index is 925. The zero-order valence-electron chi connectivity index (χ0n) is 13.7. The highest BCUT2D eigenvalue weighted by molar-refractivity contribution is 5.97. The molecule has 1 aliphatic heterocycles. The molecule has 1 aromatic carbocycles. The number of furan rings is 1. The van der Waals surface area contributed by atoms with E-state index in [9.17, 15) is 9.59 Å². The Morgan fingerprint density at radius 1 is 1.28 bits per heavy atom. The number of H-pyrrole nitrogens is 2. The van der Waals surface area contributed by atoms with Crippen molar-refractivity contribution in [2.75, 3.05) is 19.6 Å². The zero-order valence-corrected chi connectivity index (χ0v) is 13.7. The van der Waals surface area contributed by atoms with Crippen LogP contribution in [0.3, 0.4) is 0 Å². The lowest BCUT2D eigenvalue weighted by Crippen LogP contribution is -2.30. The van der Waals surface area contributed by atoms with Crippen LogP contribution in [0.4, 0.5) is 0 Å². The van der Waals surface area contributed by atoms with E-state index < -0.39 is 0 Å². The van der Waals surface area contributed by atoms with Crippen molar-refractivity contribution in [1.82, 2.24) is 20.2 Å². The third-order valence-corrected chi connectivity index (χ3v) is 4.66. The predicted octanol–water partition coefficient (Wildman–Crippen LogP) is 1.70. The van der Waals surface area contributed by atoms with E-state index in [-0.39, 0.29) is 11.6 Å². The molecule has 1 amide bonds. The van der Waals surface area contributed by atoms with Gasteiger partial charge in [0.1, 0.15) is 5.76 Å².